The second kappa shape index (κ2) is 9.58. The van der Waals surface area contributed by atoms with Gasteiger partial charge in [-0.1, -0.05) is 33.6 Å². The zero-order valence-corrected chi connectivity index (χ0v) is 19.3. The molecule has 6 nitrogen and oxygen atoms in total. The van der Waals surface area contributed by atoms with Crippen LogP contribution in [0.5, 0.6) is 5.75 Å². The summed E-state index contributed by atoms with van der Waals surface area (Å²) in [5.41, 5.74) is 1.53. The molecule has 2 heterocycles. The molecule has 0 saturated heterocycles. The van der Waals surface area contributed by atoms with Gasteiger partial charge in [0.25, 0.3) is 5.91 Å². The van der Waals surface area contributed by atoms with E-state index >= 15 is 0 Å². The van der Waals surface area contributed by atoms with Crippen molar-refractivity contribution in [1.82, 2.24) is 9.78 Å². The topological polar surface area (TPSA) is 69.3 Å². The third-order valence-electron chi connectivity index (χ3n) is 4.64. The summed E-state index contributed by atoms with van der Waals surface area (Å²) in [4.78, 5) is 12.5. The molecular weight excluding hydrogens is 501 g/mol. The number of halogens is 3. The van der Waals surface area contributed by atoms with Crippen molar-refractivity contribution >= 4 is 39.3 Å². The fraction of sp³-hybridized carbons (Fsp3) is 0.130. The van der Waals surface area contributed by atoms with E-state index in [9.17, 15) is 9.18 Å². The summed E-state index contributed by atoms with van der Waals surface area (Å²) in [5, 5.41) is 7.42. The molecule has 0 atom stereocenters. The van der Waals surface area contributed by atoms with Crippen molar-refractivity contribution in [2.45, 2.75) is 20.1 Å². The monoisotopic (exact) mass is 517 g/mol. The predicted octanol–water partition coefficient (Wildman–Crippen LogP) is 6.22. The summed E-state index contributed by atoms with van der Waals surface area (Å²) in [6, 6.07) is 16.6. The van der Waals surface area contributed by atoms with E-state index in [4.69, 9.17) is 20.8 Å². The quantitative estimate of drug-likeness (QED) is 0.315. The zero-order valence-electron chi connectivity index (χ0n) is 16.9. The van der Waals surface area contributed by atoms with Gasteiger partial charge >= 0.3 is 0 Å². The van der Waals surface area contributed by atoms with Crippen LogP contribution in [0.2, 0.25) is 5.02 Å². The minimum Gasteiger partial charge on any atom is -0.486 e. The van der Waals surface area contributed by atoms with Gasteiger partial charge in [0.05, 0.1) is 6.54 Å². The van der Waals surface area contributed by atoms with Gasteiger partial charge in [-0.2, -0.15) is 5.10 Å². The number of hydrogen-bond acceptors (Lipinski definition) is 4. The maximum absolute atomic E-state index is 13.3. The average Bonchev–Trinajstić information content (AvgIpc) is 3.36. The van der Waals surface area contributed by atoms with Gasteiger partial charge < -0.3 is 14.5 Å². The fourth-order valence-corrected chi connectivity index (χ4v) is 3.47. The third kappa shape index (κ3) is 5.38. The first-order valence-corrected chi connectivity index (χ1v) is 10.8. The number of aryl methyl sites for hydroxylation is 1. The molecule has 0 saturated carbocycles. The molecule has 2 aromatic heterocycles. The Balaban J connectivity index is 1.38. The number of aromatic nitrogens is 2. The minimum absolute atomic E-state index is 0.146. The fourth-order valence-electron chi connectivity index (χ4n) is 2.98. The van der Waals surface area contributed by atoms with E-state index in [1.807, 2.05) is 31.2 Å². The Morgan fingerprint density at radius 1 is 1.19 bits per heavy atom. The average molecular weight is 519 g/mol. The SMILES string of the molecule is Cc1cc(NC(=O)c2ccc(COc3ccc(Br)cc3)o2)nn1Cc1ccc(F)cc1Cl. The standard InChI is InChI=1S/C23H18BrClFN3O3/c1-14-10-22(28-29(14)12-15-2-5-17(26)11-20(15)25)27-23(30)21-9-8-19(32-21)13-31-18-6-3-16(24)4-7-18/h2-11H,12-13H2,1H3,(H,27,28,30). The summed E-state index contributed by atoms with van der Waals surface area (Å²) in [5.74, 6) is 0.903. The van der Waals surface area contributed by atoms with Gasteiger partial charge in [0.1, 0.15) is 23.9 Å². The predicted molar refractivity (Wildman–Crippen MR) is 123 cm³/mol. The molecule has 2 aromatic carbocycles. The van der Waals surface area contributed by atoms with E-state index in [1.165, 1.54) is 12.1 Å². The molecule has 0 aliphatic carbocycles. The number of amides is 1. The number of benzene rings is 2. The first kappa shape index (κ1) is 22.1. The molecule has 0 aliphatic rings. The second-order valence-corrected chi connectivity index (χ2v) is 8.35. The van der Waals surface area contributed by atoms with E-state index in [-0.39, 0.29) is 12.4 Å². The van der Waals surface area contributed by atoms with Crippen LogP contribution in [-0.4, -0.2) is 15.7 Å². The molecule has 0 spiro atoms. The number of carbonyl (C=O) groups excluding carboxylic acids is 1. The van der Waals surface area contributed by atoms with Gasteiger partial charge in [0.15, 0.2) is 11.6 Å². The molecule has 0 fully saturated rings. The van der Waals surface area contributed by atoms with Crippen molar-refractivity contribution in [2.75, 3.05) is 5.32 Å². The highest BCUT2D eigenvalue weighted by atomic mass is 79.9. The molecule has 4 aromatic rings. The molecule has 32 heavy (non-hydrogen) atoms. The lowest BCUT2D eigenvalue weighted by Crippen LogP contribution is -2.12. The number of nitrogens with zero attached hydrogens (tertiary/aromatic N) is 2. The maximum Gasteiger partial charge on any atom is 0.292 e. The summed E-state index contributed by atoms with van der Waals surface area (Å²) in [7, 11) is 0. The Kier molecular flexibility index (Phi) is 6.62. The highest BCUT2D eigenvalue weighted by molar-refractivity contribution is 9.10. The van der Waals surface area contributed by atoms with Gasteiger partial charge in [0, 0.05) is 21.3 Å². The minimum atomic E-state index is -0.427. The lowest BCUT2D eigenvalue weighted by Gasteiger charge is -2.06. The number of furan rings is 1. The van der Waals surface area contributed by atoms with E-state index in [0.717, 1.165) is 15.7 Å². The smallest absolute Gasteiger partial charge is 0.292 e. The van der Waals surface area contributed by atoms with Crippen LogP contribution in [0.3, 0.4) is 0 Å². The van der Waals surface area contributed by atoms with Gasteiger partial charge in [-0.05, 0) is 61.0 Å². The second-order valence-electron chi connectivity index (χ2n) is 7.03. The van der Waals surface area contributed by atoms with Crippen molar-refractivity contribution in [2.24, 2.45) is 0 Å². The first-order valence-electron chi connectivity index (χ1n) is 9.64. The van der Waals surface area contributed by atoms with E-state index in [1.54, 1.807) is 28.9 Å². The molecule has 0 bridgehead atoms. The number of carbonyl (C=O) groups is 1. The van der Waals surface area contributed by atoms with Crippen LogP contribution in [0.1, 0.15) is 27.6 Å². The van der Waals surface area contributed by atoms with E-state index in [2.05, 4.69) is 26.3 Å². The summed E-state index contributed by atoms with van der Waals surface area (Å²) < 4.78 is 27.1. The number of rotatable bonds is 7. The number of anilines is 1. The largest absolute Gasteiger partial charge is 0.486 e. The Hall–Kier alpha value is -3.10. The highest BCUT2D eigenvalue weighted by Crippen LogP contribution is 2.21. The molecule has 1 N–H and O–H groups in total. The van der Waals surface area contributed by atoms with Crippen LogP contribution in [0.15, 0.2) is 69.6 Å². The lowest BCUT2D eigenvalue weighted by molar-refractivity contribution is 0.0992. The molecule has 1 amide bonds. The normalized spacial score (nSPS) is 10.9. The Bertz CT molecular complexity index is 1250. The maximum atomic E-state index is 13.3. The molecule has 164 valence electrons. The number of hydrogen-bond donors (Lipinski definition) is 1. The van der Waals surface area contributed by atoms with Gasteiger partial charge in [-0.3, -0.25) is 9.48 Å². The van der Waals surface area contributed by atoms with Crippen LogP contribution >= 0.6 is 27.5 Å². The van der Waals surface area contributed by atoms with Crippen molar-refractivity contribution < 1.29 is 18.3 Å². The summed E-state index contributed by atoms with van der Waals surface area (Å²) in [6.07, 6.45) is 0. The lowest BCUT2D eigenvalue weighted by atomic mass is 10.2. The summed E-state index contributed by atoms with van der Waals surface area (Å²) >= 11 is 9.47. The Morgan fingerprint density at radius 2 is 1.97 bits per heavy atom. The molecule has 0 radical (unpaired) electrons. The molecule has 9 heteroatoms. The Morgan fingerprint density at radius 3 is 2.72 bits per heavy atom. The molecular formula is C23H18BrClFN3O3. The highest BCUT2D eigenvalue weighted by Gasteiger charge is 2.15. The molecule has 0 aliphatic heterocycles. The first-order chi connectivity index (χ1) is 15.4. The van der Waals surface area contributed by atoms with Gasteiger partial charge in [-0.25, -0.2) is 4.39 Å². The van der Waals surface area contributed by atoms with Crippen molar-refractivity contribution in [3.8, 4) is 5.75 Å². The van der Waals surface area contributed by atoms with E-state index in [0.29, 0.717) is 28.9 Å². The number of ether oxygens (including phenoxy) is 1. The van der Waals surface area contributed by atoms with Gasteiger partial charge in [-0.15, -0.1) is 0 Å². The third-order valence-corrected chi connectivity index (χ3v) is 5.52. The summed E-state index contributed by atoms with van der Waals surface area (Å²) in [6.45, 7) is 2.39. The van der Waals surface area contributed by atoms with Crippen LogP contribution in [0.25, 0.3) is 0 Å². The van der Waals surface area contributed by atoms with Crippen molar-refractivity contribution in [3.63, 3.8) is 0 Å². The molecule has 0 unspecified atom stereocenters. The zero-order chi connectivity index (χ0) is 22.7. The van der Waals surface area contributed by atoms with Crippen molar-refractivity contribution in [3.05, 3.63) is 98.8 Å². The van der Waals surface area contributed by atoms with E-state index < -0.39 is 11.7 Å². The van der Waals surface area contributed by atoms with Crippen LogP contribution < -0.4 is 10.1 Å². The van der Waals surface area contributed by atoms with Crippen LogP contribution in [-0.2, 0) is 13.2 Å². The number of nitrogens with one attached hydrogen (secondary N) is 1. The van der Waals surface area contributed by atoms with Crippen LogP contribution in [0.4, 0.5) is 10.2 Å². The molecule has 4 rings (SSSR count). The van der Waals surface area contributed by atoms with Crippen LogP contribution in [0, 0.1) is 12.7 Å². The van der Waals surface area contributed by atoms with Gasteiger partial charge in [0.2, 0.25) is 0 Å². The van der Waals surface area contributed by atoms with Crippen molar-refractivity contribution in [1.29, 1.82) is 0 Å². The Labute approximate surface area is 197 Å².